The lowest BCUT2D eigenvalue weighted by Gasteiger charge is -2.03. The van der Waals surface area contributed by atoms with E-state index < -0.39 is 0 Å². The Bertz CT molecular complexity index is 1390. The van der Waals surface area contributed by atoms with E-state index in [9.17, 15) is 0 Å². The third-order valence-corrected chi connectivity index (χ3v) is 7.40. The quantitative estimate of drug-likeness (QED) is 0.163. The molecular weight excluding hydrogens is 529 g/mol. The maximum atomic E-state index is 5.89. The van der Waals surface area contributed by atoms with Crippen LogP contribution < -0.4 is 20.9 Å². The predicted octanol–water partition coefficient (Wildman–Crippen LogP) is 4.58. The summed E-state index contributed by atoms with van der Waals surface area (Å²) >= 11 is 4.56. The van der Waals surface area contributed by atoms with Crippen molar-refractivity contribution >= 4 is 57.3 Å². The van der Waals surface area contributed by atoms with Crippen LogP contribution in [0.4, 0.5) is 10.8 Å². The van der Waals surface area contributed by atoms with Crippen LogP contribution in [0.5, 0.6) is 10.9 Å². The Kier molecular flexibility index (Phi) is 9.40. The molecule has 0 saturated carbocycles. The number of benzene rings is 2. The Hall–Kier alpha value is -3.55. The second-order valence-electron chi connectivity index (χ2n) is 7.81. The number of hydrogen-bond acceptors (Lipinski definition) is 11. The van der Waals surface area contributed by atoms with E-state index in [1.165, 1.54) is 22.7 Å². The van der Waals surface area contributed by atoms with Gasteiger partial charge in [-0.1, -0.05) is 52.0 Å². The molecule has 0 aliphatic rings. The van der Waals surface area contributed by atoms with Crippen molar-refractivity contribution in [1.29, 1.82) is 0 Å². The second kappa shape index (κ2) is 13.1. The average molecular weight is 555 g/mol. The molecule has 2 aromatic carbocycles. The minimum Gasteiger partial charge on any atom is -0.426 e. The first-order valence-corrected chi connectivity index (χ1v) is 14.1. The van der Waals surface area contributed by atoms with Gasteiger partial charge in [0.25, 0.3) is 12.0 Å². The predicted molar refractivity (Wildman–Crippen MR) is 151 cm³/mol. The second-order valence-corrected chi connectivity index (χ2v) is 11.1. The van der Waals surface area contributed by atoms with Crippen LogP contribution in [0.3, 0.4) is 0 Å². The van der Waals surface area contributed by atoms with Crippen LogP contribution in [0.1, 0.15) is 21.1 Å². The first kappa shape index (κ1) is 26.5. The summed E-state index contributed by atoms with van der Waals surface area (Å²) in [6, 6.07) is 15.3. The summed E-state index contributed by atoms with van der Waals surface area (Å²) in [4.78, 5) is 8.46. The van der Waals surface area contributed by atoms with Crippen LogP contribution in [0.15, 0.2) is 58.5 Å². The highest BCUT2D eigenvalue weighted by Gasteiger charge is 2.09. The highest BCUT2D eigenvalue weighted by molar-refractivity contribution is 7.99. The smallest absolute Gasteiger partial charge is 0.301 e. The number of ether oxygens (including phenoxy) is 2. The molecule has 0 fully saturated rings. The lowest BCUT2D eigenvalue weighted by atomic mass is 10.2. The Morgan fingerprint density at radius 3 is 2.24 bits per heavy atom. The zero-order chi connectivity index (χ0) is 26.0. The van der Waals surface area contributed by atoms with Crippen molar-refractivity contribution < 1.29 is 9.47 Å². The van der Waals surface area contributed by atoms with Crippen molar-refractivity contribution in [3.8, 4) is 10.9 Å². The molecule has 2 heterocycles. The fourth-order valence-electron chi connectivity index (χ4n) is 3.05. The number of aliphatic imine (C=N–C) groups is 2. The minimum atomic E-state index is 0.0336. The zero-order valence-electron chi connectivity index (χ0n) is 20.3. The number of nitrogens with zero attached hydrogens (tertiary/aromatic N) is 6. The normalized spacial score (nSPS) is 12.1. The zero-order valence-corrected chi connectivity index (χ0v) is 22.8. The number of aryl methyl sites for hydroxylation is 4. The lowest BCUT2D eigenvalue weighted by Crippen LogP contribution is -2.19. The fourth-order valence-corrected chi connectivity index (χ4v) is 5.59. The van der Waals surface area contributed by atoms with Gasteiger partial charge in [-0.3, -0.25) is 0 Å². The topological polar surface area (TPSA) is 147 Å². The van der Waals surface area contributed by atoms with E-state index in [-0.39, 0.29) is 12.0 Å². The number of rotatable bonds is 10. The third-order valence-electron chi connectivity index (χ3n) is 4.68. The van der Waals surface area contributed by atoms with Crippen LogP contribution >= 0.6 is 34.4 Å². The van der Waals surface area contributed by atoms with Gasteiger partial charge in [-0.05, 0) is 60.7 Å². The minimum absolute atomic E-state index is 0.0336. The molecule has 4 aromatic rings. The molecule has 0 saturated heterocycles. The van der Waals surface area contributed by atoms with E-state index in [1.54, 1.807) is 11.8 Å². The number of nitrogens with two attached hydrogens (primary N) is 2. The number of thioether (sulfide) groups is 1. The molecule has 0 bridgehead atoms. The first-order valence-electron chi connectivity index (χ1n) is 11.3. The molecule has 0 radical (unpaired) electrons. The van der Waals surface area contributed by atoms with Crippen LogP contribution in [-0.2, 0) is 12.8 Å². The van der Waals surface area contributed by atoms with Crippen LogP contribution in [-0.4, -0.2) is 43.9 Å². The monoisotopic (exact) mass is 554 g/mol. The van der Waals surface area contributed by atoms with E-state index in [1.807, 2.05) is 62.4 Å². The standard InChI is InChI=1S/C24H26N8O2S3/c1-15-5-3-7-17(13-15)27-21(25)34-24-32-30-20(37-24)10-12-35-11-9-19-29-31-23(36-19)28-22(26)33-18-8-4-6-16(2)14-18/h3-8,13-14H,9-12H2,1-2H3,(H2,25,27)(H2,26,28,31). The molecular formula is C24H26N8O2S3. The summed E-state index contributed by atoms with van der Waals surface area (Å²) in [5.41, 5.74) is 14.7. The molecule has 0 atom stereocenters. The molecule has 4 rings (SSSR count). The third kappa shape index (κ3) is 8.81. The van der Waals surface area contributed by atoms with Crippen molar-refractivity contribution in [3.63, 3.8) is 0 Å². The molecule has 0 spiro atoms. The highest BCUT2D eigenvalue weighted by Crippen LogP contribution is 2.23. The first-order chi connectivity index (χ1) is 17.9. The van der Waals surface area contributed by atoms with Crippen molar-refractivity contribution in [3.05, 3.63) is 69.7 Å². The summed E-state index contributed by atoms with van der Waals surface area (Å²) in [7, 11) is 0. The van der Waals surface area contributed by atoms with Crippen LogP contribution in [0.2, 0.25) is 0 Å². The van der Waals surface area contributed by atoms with Gasteiger partial charge >= 0.3 is 5.19 Å². The number of amidine groups is 2. The van der Waals surface area contributed by atoms with E-state index in [0.717, 1.165) is 51.2 Å². The molecule has 192 valence electrons. The van der Waals surface area contributed by atoms with Crippen molar-refractivity contribution in [2.24, 2.45) is 21.5 Å². The average Bonchev–Trinajstić information content (AvgIpc) is 3.48. The van der Waals surface area contributed by atoms with Crippen molar-refractivity contribution in [2.45, 2.75) is 26.7 Å². The maximum absolute atomic E-state index is 5.89. The molecule has 4 N–H and O–H groups in total. The van der Waals surface area contributed by atoms with Gasteiger partial charge in [0.2, 0.25) is 5.13 Å². The molecule has 0 aliphatic carbocycles. The van der Waals surface area contributed by atoms with Gasteiger partial charge < -0.3 is 20.9 Å². The van der Waals surface area contributed by atoms with Gasteiger partial charge in [-0.25, -0.2) is 0 Å². The SMILES string of the molecule is Cc1cccc(N=C(N)Oc2nnc(CCSCCc3nnc(N=C(N)Oc4cccc(C)c4)s3)s2)c1. The lowest BCUT2D eigenvalue weighted by molar-refractivity contribution is 0.530. The van der Waals surface area contributed by atoms with Crippen LogP contribution in [0, 0.1) is 13.8 Å². The molecule has 0 aliphatic heterocycles. The fraction of sp³-hybridized carbons (Fsp3) is 0.250. The summed E-state index contributed by atoms with van der Waals surface area (Å²) < 4.78 is 11.1. The molecule has 10 nitrogen and oxygen atoms in total. The van der Waals surface area contributed by atoms with Gasteiger partial charge in [0.1, 0.15) is 15.8 Å². The van der Waals surface area contributed by atoms with Gasteiger partial charge in [0, 0.05) is 12.8 Å². The van der Waals surface area contributed by atoms with Crippen molar-refractivity contribution in [1.82, 2.24) is 20.4 Å². The van der Waals surface area contributed by atoms with E-state index in [0.29, 0.717) is 16.1 Å². The Morgan fingerprint density at radius 2 is 1.49 bits per heavy atom. The summed E-state index contributed by atoms with van der Waals surface area (Å²) in [5.74, 6) is 2.42. The van der Waals surface area contributed by atoms with Crippen LogP contribution in [0.25, 0.3) is 0 Å². The molecule has 37 heavy (non-hydrogen) atoms. The van der Waals surface area contributed by atoms with Gasteiger partial charge in [0.05, 0.1) is 5.69 Å². The molecule has 2 aromatic heterocycles. The van der Waals surface area contributed by atoms with Gasteiger partial charge in [-0.15, -0.1) is 15.3 Å². The number of hydrogen-bond donors (Lipinski definition) is 2. The summed E-state index contributed by atoms with van der Waals surface area (Å²) in [6.45, 7) is 3.97. The number of aromatic nitrogens is 4. The summed E-state index contributed by atoms with van der Waals surface area (Å²) in [6.07, 6.45) is 1.56. The van der Waals surface area contributed by atoms with Crippen molar-refractivity contribution in [2.75, 3.05) is 11.5 Å². The maximum Gasteiger partial charge on any atom is 0.301 e. The molecule has 13 heteroatoms. The Balaban J connectivity index is 1.16. The Morgan fingerprint density at radius 1 is 0.811 bits per heavy atom. The molecule has 0 amide bonds. The van der Waals surface area contributed by atoms with Gasteiger partial charge in [-0.2, -0.15) is 21.7 Å². The largest absolute Gasteiger partial charge is 0.426 e. The summed E-state index contributed by atoms with van der Waals surface area (Å²) in [5, 5.41) is 19.1. The molecule has 0 unspecified atom stereocenters. The van der Waals surface area contributed by atoms with Gasteiger partial charge in [0.15, 0.2) is 0 Å². The van der Waals surface area contributed by atoms with E-state index in [2.05, 4.69) is 30.4 Å². The highest BCUT2D eigenvalue weighted by atomic mass is 32.2. The Labute approximate surface area is 226 Å². The van der Waals surface area contributed by atoms with E-state index >= 15 is 0 Å². The van der Waals surface area contributed by atoms with E-state index in [4.69, 9.17) is 20.9 Å².